The first-order valence-electron chi connectivity index (χ1n) is 5.55. The average Bonchev–Trinajstić information content (AvgIpc) is 2.74. The van der Waals surface area contributed by atoms with E-state index < -0.39 is 0 Å². The lowest BCUT2D eigenvalue weighted by Crippen LogP contribution is -2.51. The van der Waals surface area contributed by atoms with Gasteiger partial charge in [-0.15, -0.1) is 0 Å². The largest absolute Gasteiger partial charge is 0.375 e. The molecule has 5 heteroatoms. The van der Waals surface area contributed by atoms with E-state index >= 15 is 0 Å². The SMILES string of the molecule is C[C@@H]1CN(C(=O)Cn2cccn2)[C@H](C)CO1. The molecule has 5 nitrogen and oxygen atoms in total. The first-order valence-corrected chi connectivity index (χ1v) is 5.55. The van der Waals surface area contributed by atoms with Crippen LogP contribution in [0.1, 0.15) is 13.8 Å². The van der Waals surface area contributed by atoms with E-state index in [9.17, 15) is 4.79 Å². The van der Waals surface area contributed by atoms with Crippen molar-refractivity contribution in [3.63, 3.8) is 0 Å². The minimum atomic E-state index is 0.103. The zero-order chi connectivity index (χ0) is 11.5. The molecule has 1 amide bonds. The third kappa shape index (κ3) is 2.41. The number of morpholine rings is 1. The summed E-state index contributed by atoms with van der Waals surface area (Å²) in [6.07, 6.45) is 3.60. The zero-order valence-corrected chi connectivity index (χ0v) is 9.67. The molecule has 0 saturated carbocycles. The van der Waals surface area contributed by atoms with Crippen LogP contribution in [0.2, 0.25) is 0 Å². The minimum absolute atomic E-state index is 0.103. The first kappa shape index (κ1) is 11.1. The van der Waals surface area contributed by atoms with E-state index in [-0.39, 0.29) is 18.1 Å². The van der Waals surface area contributed by atoms with Gasteiger partial charge in [0.15, 0.2) is 0 Å². The molecule has 1 saturated heterocycles. The Morgan fingerprint density at radius 2 is 2.38 bits per heavy atom. The quantitative estimate of drug-likeness (QED) is 0.734. The Balaban J connectivity index is 1.97. The van der Waals surface area contributed by atoms with Crippen LogP contribution in [-0.4, -0.2) is 45.9 Å². The van der Waals surface area contributed by atoms with Gasteiger partial charge in [-0.05, 0) is 19.9 Å². The normalized spacial score (nSPS) is 25.8. The molecule has 0 spiro atoms. The number of ether oxygens (including phenoxy) is 1. The van der Waals surface area contributed by atoms with E-state index in [1.807, 2.05) is 24.8 Å². The van der Waals surface area contributed by atoms with Gasteiger partial charge in [-0.2, -0.15) is 5.10 Å². The second-order valence-electron chi connectivity index (χ2n) is 4.24. The van der Waals surface area contributed by atoms with Crippen LogP contribution in [0.4, 0.5) is 0 Å². The highest BCUT2D eigenvalue weighted by atomic mass is 16.5. The van der Waals surface area contributed by atoms with Crippen LogP contribution >= 0.6 is 0 Å². The lowest BCUT2D eigenvalue weighted by Gasteiger charge is -2.36. The third-order valence-electron chi connectivity index (χ3n) is 2.78. The lowest BCUT2D eigenvalue weighted by molar-refractivity contribution is -0.144. The Bertz CT molecular complexity index is 350. The summed E-state index contributed by atoms with van der Waals surface area (Å²) in [4.78, 5) is 13.9. The van der Waals surface area contributed by atoms with Crippen LogP contribution < -0.4 is 0 Å². The third-order valence-corrected chi connectivity index (χ3v) is 2.78. The van der Waals surface area contributed by atoms with Crippen LogP contribution in [0, 0.1) is 0 Å². The van der Waals surface area contributed by atoms with Gasteiger partial charge in [-0.25, -0.2) is 0 Å². The molecule has 1 fully saturated rings. The molecule has 1 aliphatic rings. The lowest BCUT2D eigenvalue weighted by atomic mass is 10.2. The van der Waals surface area contributed by atoms with Crippen LogP contribution in [0.15, 0.2) is 18.5 Å². The summed E-state index contributed by atoms with van der Waals surface area (Å²) >= 11 is 0. The molecule has 0 N–H and O–H groups in total. The molecule has 0 unspecified atom stereocenters. The number of amides is 1. The minimum Gasteiger partial charge on any atom is -0.375 e. The molecule has 0 aromatic carbocycles. The van der Waals surface area contributed by atoms with E-state index in [2.05, 4.69) is 5.10 Å². The van der Waals surface area contributed by atoms with Crippen molar-refractivity contribution in [2.75, 3.05) is 13.2 Å². The standard InChI is InChI=1S/C11H17N3O2/c1-9-8-16-10(2)6-14(9)11(15)7-13-5-3-4-12-13/h3-5,9-10H,6-8H2,1-2H3/t9-,10-/m1/s1. The Labute approximate surface area is 95.0 Å². The number of carbonyl (C=O) groups is 1. The highest BCUT2D eigenvalue weighted by Gasteiger charge is 2.27. The van der Waals surface area contributed by atoms with Gasteiger partial charge in [-0.3, -0.25) is 9.48 Å². The summed E-state index contributed by atoms with van der Waals surface area (Å²) in [6.45, 7) is 5.59. The fourth-order valence-corrected chi connectivity index (χ4v) is 1.87. The maximum Gasteiger partial charge on any atom is 0.244 e. The van der Waals surface area contributed by atoms with Crippen molar-refractivity contribution >= 4 is 5.91 Å². The molecule has 1 aliphatic heterocycles. The van der Waals surface area contributed by atoms with Gasteiger partial charge in [0.2, 0.25) is 5.91 Å². The zero-order valence-electron chi connectivity index (χ0n) is 9.67. The summed E-state index contributed by atoms with van der Waals surface area (Å²) < 4.78 is 7.14. The maximum absolute atomic E-state index is 12.0. The average molecular weight is 223 g/mol. The maximum atomic E-state index is 12.0. The molecule has 2 heterocycles. The Hall–Kier alpha value is -1.36. The monoisotopic (exact) mass is 223 g/mol. The Morgan fingerprint density at radius 3 is 3.06 bits per heavy atom. The van der Waals surface area contributed by atoms with Gasteiger partial charge in [-0.1, -0.05) is 0 Å². The number of nitrogens with zero attached hydrogens (tertiary/aromatic N) is 3. The molecular formula is C11H17N3O2. The summed E-state index contributed by atoms with van der Waals surface area (Å²) in [5.41, 5.74) is 0. The first-order chi connectivity index (χ1) is 7.66. The number of hydrogen-bond donors (Lipinski definition) is 0. The van der Waals surface area contributed by atoms with Crippen molar-refractivity contribution in [3.8, 4) is 0 Å². The summed E-state index contributed by atoms with van der Waals surface area (Å²) in [5, 5.41) is 4.03. The summed E-state index contributed by atoms with van der Waals surface area (Å²) in [5.74, 6) is 0.103. The molecule has 0 aliphatic carbocycles. The van der Waals surface area contributed by atoms with Gasteiger partial charge in [0.1, 0.15) is 6.54 Å². The smallest absolute Gasteiger partial charge is 0.244 e. The van der Waals surface area contributed by atoms with Crippen molar-refractivity contribution in [1.82, 2.24) is 14.7 Å². The second kappa shape index (κ2) is 4.65. The van der Waals surface area contributed by atoms with E-state index in [1.54, 1.807) is 17.1 Å². The highest BCUT2D eigenvalue weighted by Crippen LogP contribution is 2.11. The van der Waals surface area contributed by atoms with Gasteiger partial charge < -0.3 is 9.64 Å². The van der Waals surface area contributed by atoms with Gasteiger partial charge in [0.25, 0.3) is 0 Å². The van der Waals surface area contributed by atoms with Gasteiger partial charge in [0.05, 0.1) is 18.8 Å². The molecule has 1 aromatic heterocycles. The van der Waals surface area contributed by atoms with E-state index in [1.165, 1.54) is 0 Å². The van der Waals surface area contributed by atoms with Crippen molar-refractivity contribution in [1.29, 1.82) is 0 Å². The van der Waals surface area contributed by atoms with Crippen LogP contribution in [0.3, 0.4) is 0 Å². The number of aromatic nitrogens is 2. The molecule has 2 rings (SSSR count). The van der Waals surface area contributed by atoms with Crippen LogP contribution in [-0.2, 0) is 16.1 Å². The van der Waals surface area contributed by atoms with E-state index in [0.717, 1.165) is 0 Å². The molecule has 1 aromatic rings. The van der Waals surface area contributed by atoms with E-state index in [0.29, 0.717) is 19.7 Å². The fourth-order valence-electron chi connectivity index (χ4n) is 1.87. The number of rotatable bonds is 2. The predicted octanol–water partition coefficient (Wildman–Crippen LogP) is 0.519. The molecule has 2 atom stereocenters. The fraction of sp³-hybridized carbons (Fsp3) is 0.636. The summed E-state index contributed by atoms with van der Waals surface area (Å²) in [6, 6.07) is 1.97. The van der Waals surface area contributed by atoms with Crippen molar-refractivity contribution < 1.29 is 9.53 Å². The highest BCUT2D eigenvalue weighted by molar-refractivity contribution is 5.76. The Morgan fingerprint density at radius 1 is 1.56 bits per heavy atom. The van der Waals surface area contributed by atoms with Crippen molar-refractivity contribution in [3.05, 3.63) is 18.5 Å². The Kier molecular flexibility index (Phi) is 3.24. The molecule has 0 bridgehead atoms. The van der Waals surface area contributed by atoms with Gasteiger partial charge in [0, 0.05) is 18.9 Å². The van der Waals surface area contributed by atoms with Crippen LogP contribution in [0.25, 0.3) is 0 Å². The molecule has 0 radical (unpaired) electrons. The van der Waals surface area contributed by atoms with Crippen LogP contribution in [0.5, 0.6) is 0 Å². The number of carbonyl (C=O) groups excluding carboxylic acids is 1. The second-order valence-corrected chi connectivity index (χ2v) is 4.24. The summed E-state index contributed by atoms with van der Waals surface area (Å²) in [7, 11) is 0. The molecule has 88 valence electrons. The van der Waals surface area contributed by atoms with E-state index in [4.69, 9.17) is 4.74 Å². The topological polar surface area (TPSA) is 47.4 Å². The van der Waals surface area contributed by atoms with Gasteiger partial charge >= 0.3 is 0 Å². The molecule has 16 heavy (non-hydrogen) atoms. The van der Waals surface area contributed by atoms with Crippen molar-refractivity contribution in [2.24, 2.45) is 0 Å². The molecular weight excluding hydrogens is 206 g/mol. The predicted molar refractivity (Wildman–Crippen MR) is 58.8 cm³/mol. The van der Waals surface area contributed by atoms with Crippen molar-refractivity contribution in [2.45, 2.75) is 32.5 Å². The number of hydrogen-bond acceptors (Lipinski definition) is 3.